The zero-order chi connectivity index (χ0) is 14.8. The number of carbonyl (C=O) groups excluding carboxylic acids is 1. The highest BCUT2D eigenvalue weighted by atomic mass is 79.9. The van der Waals surface area contributed by atoms with E-state index in [2.05, 4.69) is 20.7 Å². The second-order valence-corrected chi connectivity index (χ2v) is 4.21. The van der Waals surface area contributed by atoms with Crippen molar-refractivity contribution in [3.63, 3.8) is 0 Å². The number of rotatable bonds is 3. The average molecular weight is 348 g/mol. The van der Waals surface area contributed by atoms with Gasteiger partial charge in [0.15, 0.2) is 0 Å². The number of hydrogen-bond donors (Lipinski definition) is 0. The molecule has 1 aromatic carbocycles. The third-order valence-corrected chi connectivity index (χ3v) is 2.69. The van der Waals surface area contributed by atoms with Crippen molar-refractivity contribution in [2.45, 2.75) is 12.8 Å². The van der Waals surface area contributed by atoms with Crippen LogP contribution >= 0.6 is 15.9 Å². The Morgan fingerprint density at radius 1 is 1.37 bits per heavy atom. The predicted octanol–water partition coefficient (Wildman–Crippen LogP) is 3.58. The molecule has 9 heteroatoms. The fourth-order valence-electron chi connectivity index (χ4n) is 1.20. The minimum Gasteiger partial charge on any atom is -0.434 e. The summed E-state index contributed by atoms with van der Waals surface area (Å²) in [6, 6.07) is 3.17. The van der Waals surface area contributed by atoms with Crippen LogP contribution in [0, 0.1) is 0 Å². The second kappa shape index (κ2) is 5.72. The molecule has 0 saturated carbocycles. The van der Waals surface area contributed by atoms with E-state index in [4.69, 9.17) is 0 Å². The van der Waals surface area contributed by atoms with Gasteiger partial charge in [0, 0.05) is 12.7 Å². The Kier molecular flexibility index (Phi) is 4.72. The first kappa shape index (κ1) is 15.7. The highest BCUT2D eigenvalue weighted by molar-refractivity contribution is 9.10. The fraction of sp³-hybridized carbons (Fsp3) is 0.300. The van der Waals surface area contributed by atoms with Crippen LogP contribution in [0.25, 0.3) is 0 Å². The largest absolute Gasteiger partial charge is 0.471 e. The van der Waals surface area contributed by atoms with Gasteiger partial charge in [-0.05, 0) is 34.1 Å². The summed E-state index contributed by atoms with van der Waals surface area (Å²) < 4.78 is 64.7. The first-order valence-electron chi connectivity index (χ1n) is 4.72. The van der Waals surface area contributed by atoms with E-state index in [-0.39, 0.29) is 15.9 Å². The molecule has 0 radical (unpaired) electrons. The maximum atomic E-state index is 12.2. The van der Waals surface area contributed by atoms with E-state index in [1.807, 2.05) is 0 Å². The molecule has 0 aliphatic heterocycles. The van der Waals surface area contributed by atoms with Gasteiger partial charge in [-0.25, -0.2) is 0 Å². The zero-order valence-corrected chi connectivity index (χ0v) is 10.9. The predicted molar refractivity (Wildman–Crippen MR) is 60.2 cm³/mol. The molecule has 0 spiro atoms. The second-order valence-electron chi connectivity index (χ2n) is 3.36. The van der Waals surface area contributed by atoms with Crippen LogP contribution in [0.15, 0.2) is 22.7 Å². The zero-order valence-electron chi connectivity index (χ0n) is 9.34. The summed E-state index contributed by atoms with van der Waals surface area (Å²) in [5.41, 5.74) is -0.115. The van der Waals surface area contributed by atoms with Gasteiger partial charge in [-0.15, -0.1) is 0 Å². The number of alkyl halides is 5. The van der Waals surface area contributed by atoms with E-state index >= 15 is 0 Å². The molecular weight excluding hydrogens is 341 g/mol. The molecule has 0 aliphatic carbocycles. The number of carbonyl (C=O) groups is 1. The van der Waals surface area contributed by atoms with Crippen LogP contribution in [-0.2, 0) is 4.79 Å². The highest BCUT2D eigenvalue weighted by Gasteiger charge is 2.41. The van der Waals surface area contributed by atoms with E-state index < -0.39 is 18.7 Å². The lowest BCUT2D eigenvalue weighted by atomic mass is 10.2. The Bertz CT molecular complexity index is 477. The molecule has 0 saturated heterocycles. The normalized spacial score (nSPS) is 11.6. The maximum Gasteiger partial charge on any atom is 0.471 e. The molecule has 0 N–H and O–H groups in total. The topological polar surface area (TPSA) is 29.5 Å². The standard InChI is InChI=1S/C10H7BrF5NO2/c1-17(8(18)10(14,15)16)5-2-3-7(6(11)4-5)19-9(12)13/h2-4,9H,1H3. The molecule has 1 amide bonds. The number of hydrogen-bond acceptors (Lipinski definition) is 2. The van der Waals surface area contributed by atoms with Gasteiger partial charge in [0.1, 0.15) is 5.75 Å². The molecular formula is C10H7BrF5NO2. The SMILES string of the molecule is CN(C(=O)C(F)(F)F)c1ccc(OC(F)F)c(Br)c1. The van der Waals surface area contributed by atoms with E-state index in [0.717, 1.165) is 25.2 Å². The van der Waals surface area contributed by atoms with Crippen LogP contribution in [-0.4, -0.2) is 25.7 Å². The molecule has 3 nitrogen and oxygen atoms in total. The highest BCUT2D eigenvalue weighted by Crippen LogP contribution is 2.31. The minimum atomic E-state index is -5.01. The van der Waals surface area contributed by atoms with E-state index in [0.29, 0.717) is 4.90 Å². The van der Waals surface area contributed by atoms with Gasteiger partial charge in [0.2, 0.25) is 0 Å². The summed E-state index contributed by atoms with van der Waals surface area (Å²) in [7, 11) is 0.922. The molecule has 19 heavy (non-hydrogen) atoms. The Labute approximate surface area is 113 Å². The van der Waals surface area contributed by atoms with Crippen molar-refractivity contribution >= 4 is 27.5 Å². The van der Waals surface area contributed by atoms with Gasteiger partial charge in [0.05, 0.1) is 4.47 Å². The summed E-state index contributed by atoms with van der Waals surface area (Å²) in [5, 5.41) is 0. The lowest BCUT2D eigenvalue weighted by Gasteiger charge is -2.19. The summed E-state index contributed by atoms with van der Waals surface area (Å²) in [5.74, 6) is -2.31. The summed E-state index contributed by atoms with van der Waals surface area (Å²) in [4.78, 5) is 11.3. The molecule has 0 unspecified atom stereocenters. The average Bonchev–Trinajstić information content (AvgIpc) is 2.28. The van der Waals surface area contributed by atoms with Crippen LogP contribution in [0.3, 0.4) is 0 Å². The molecule has 0 aliphatic rings. The van der Waals surface area contributed by atoms with Crippen LogP contribution in [0.2, 0.25) is 0 Å². The third kappa shape index (κ3) is 4.05. The lowest BCUT2D eigenvalue weighted by molar-refractivity contribution is -0.170. The Hall–Kier alpha value is -1.38. The Morgan fingerprint density at radius 2 is 1.95 bits per heavy atom. The molecule has 0 fully saturated rings. The number of nitrogens with zero attached hydrogens (tertiary/aromatic N) is 1. The van der Waals surface area contributed by atoms with Gasteiger partial charge in [0.25, 0.3) is 0 Å². The van der Waals surface area contributed by atoms with Crippen LogP contribution < -0.4 is 9.64 Å². The van der Waals surface area contributed by atoms with Crippen molar-refractivity contribution in [2.24, 2.45) is 0 Å². The Morgan fingerprint density at radius 3 is 2.37 bits per heavy atom. The maximum absolute atomic E-state index is 12.2. The quantitative estimate of drug-likeness (QED) is 0.782. The van der Waals surface area contributed by atoms with Crippen molar-refractivity contribution in [3.05, 3.63) is 22.7 Å². The van der Waals surface area contributed by atoms with Crippen molar-refractivity contribution < 1.29 is 31.5 Å². The van der Waals surface area contributed by atoms with Crippen molar-refractivity contribution in [3.8, 4) is 5.75 Å². The third-order valence-electron chi connectivity index (χ3n) is 2.07. The van der Waals surface area contributed by atoms with Crippen molar-refractivity contribution in [1.82, 2.24) is 0 Å². The van der Waals surface area contributed by atoms with Gasteiger partial charge >= 0.3 is 18.7 Å². The molecule has 0 aromatic heterocycles. The van der Waals surface area contributed by atoms with Gasteiger partial charge in [-0.2, -0.15) is 22.0 Å². The summed E-state index contributed by atoms with van der Waals surface area (Å²) >= 11 is 2.87. The van der Waals surface area contributed by atoms with E-state index in [9.17, 15) is 26.7 Å². The molecule has 1 rings (SSSR count). The molecule has 1 aromatic rings. The summed E-state index contributed by atoms with van der Waals surface area (Å²) in [6.07, 6.45) is -5.01. The first-order chi connectivity index (χ1) is 8.62. The molecule has 0 bridgehead atoms. The van der Waals surface area contributed by atoms with Crippen molar-refractivity contribution in [2.75, 3.05) is 11.9 Å². The number of ether oxygens (including phenoxy) is 1. The smallest absolute Gasteiger partial charge is 0.434 e. The molecule has 0 heterocycles. The summed E-state index contributed by atoms with van der Waals surface area (Å²) in [6.45, 7) is -3.06. The monoisotopic (exact) mass is 347 g/mol. The minimum absolute atomic E-state index is 0.00660. The van der Waals surface area contributed by atoms with Gasteiger partial charge in [-0.3, -0.25) is 4.79 Å². The number of halogens is 6. The Balaban J connectivity index is 2.98. The van der Waals surface area contributed by atoms with Crippen LogP contribution in [0.1, 0.15) is 0 Å². The number of amides is 1. The lowest BCUT2D eigenvalue weighted by Crippen LogP contribution is -2.38. The van der Waals surface area contributed by atoms with E-state index in [1.54, 1.807) is 0 Å². The van der Waals surface area contributed by atoms with Gasteiger partial charge in [-0.1, -0.05) is 0 Å². The number of anilines is 1. The van der Waals surface area contributed by atoms with Crippen LogP contribution in [0.4, 0.5) is 27.6 Å². The molecule has 106 valence electrons. The fourth-order valence-corrected chi connectivity index (χ4v) is 1.66. The van der Waals surface area contributed by atoms with Crippen molar-refractivity contribution in [1.29, 1.82) is 0 Å². The van der Waals surface area contributed by atoms with Crippen LogP contribution in [0.5, 0.6) is 5.75 Å². The number of benzene rings is 1. The first-order valence-corrected chi connectivity index (χ1v) is 5.51. The molecule has 0 atom stereocenters. The van der Waals surface area contributed by atoms with Gasteiger partial charge < -0.3 is 9.64 Å². The van der Waals surface area contributed by atoms with E-state index in [1.165, 1.54) is 0 Å².